The molecule has 0 bridgehead atoms. The predicted octanol–water partition coefficient (Wildman–Crippen LogP) is 1.34. The lowest BCUT2D eigenvalue weighted by Gasteiger charge is -2.08. The van der Waals surface area contributed by atoms with Crippen molar-refractivity contribution in [3.63, 3.8) is 0 Å². The summed E-state index contributed by atoms with van der Waals surface area (Å²) in [5.74, 6) is 1.65. The molecule has 2 aromatic rings. The number of aromatic nitrogens is 4. The van der Waals surface area contributed by atoms with E-state index in [1.54, 1.807) is 10.7 Å². The number of anilines is 1. The van der Waals surface area contributed by atoms with Gasteiger partial charge >= 0.3 is 0 Å². The van der Waals surface area contributed by atoms with E-state index >= 15 is 0 Å². The van der Waals surface area contributed by atoms with Crippen molar-refractivity contribution in [3.05, 3.63) is 24.2 Å². The molecule has 0 aliphatic carbocycles. The van der Waals surface area contributed by atoms with E-state index in [4.69, 9.17) is 10.5 Å². The van der Waals surface area contributed by atoms with Crippen molar-refractivity contribution < 1.29 is 4.74 Å². The van der Waals surface area contributed by atoms with E-state index < -0.39 is 0 Å². The molecule has 6 heteroatoms. The van der Waals surface area contributed by atoms with Crippen molar-refractivity contribution in [2.24, 2.45) is 0 Å². The topological polar surface area (TPSA) is 78.8 Å². The molecule has 0 saturated heterocycles. The Morgan fingerprint density at radius 1 is 1.35 bits per heavy atom. The van der Waals surface area contributed by atoms with Gasteiger partial charge in [0.15, 0.2) is 5.82 Å². The van der Waals surface area contributed by atoms with Crippen molar-refractivity contribution in [2.45, 2.75) is 26.9 Å². The van der Waals surface area contributed by atoms with Crippen LogP contribution in [0, 0.1) is 6.92 Å². The first-order valence-corrected chi connectivity index (χ1v) is 5.37. The highest BCUT2D eigenvalue weighted by atomic mass is 16.5. The molecule has 2 aromatic heterocycles. The second kappa shape index (κ2) is 4.40. The zero-order valence-corrected chi connectivity index (χ0v) is 10.1. The molecule has 0 amide bonds. The van der Waals surface area contributed by atoms with E-state index in [0.717, 1.165) is 5.56 Å². The summed E-state index contributed by atoms with van der Waals surface area (Å²) in [5, 5.41) is 4.15. The molecular formula is C11H15N5O. The summed E-state index contributed by atoms with van der Waals surface area (Å²) >= 11 is 0. The van der Waals surface area contributed by atoms with Gasteiger partial charge in [0.25, 0.3) is 0 Å². The Kier molecular flexibility index (Phi) is 2.95. The summed E-state index contributed by atoms with van der Waals surface area (Å²) in [7, 11) is 0. The van der Waals surface area contributed by atoms with E-state index in [0.29, 0.717) is 17.5 Å². The third-order valence-electron chi connectivity index (χ3n) is 2.15. The average Bonchev–Trinajstić information content (AvgIpc) is 2.59. The highest BCUT2D eigenvalue weighted by Gasteiger charge is 2.07. The first-order chi connectivity index (χ1) is 8.06. The number of nitrogens with two attached hydrogens (primary N) is 1. The third kappa shape index (κ3) is 2.52. The zero-order chi connectivity index (χ0) is 12.4. The highest BCUT2D eigenvalue weighted by molar-refractivity contribution is 5.39. The Morgan fingerprint density at radius 3 is 2.71 bits per heavy atom. The normalized spacial score (nSPS) is 10.8. The molecule has 17 heavy (non-hydrogen) atoms. The molecule has 2 rings (SSSR count). The van der Waals surface area contributed by atoms with E-state index in [1.807, 2.05) is 27.0 Å². The third-order valence-corrected chi connectivity index (χ3v) is 2.15. The number of nitrogens with zero attached hydrogens (tertiary/aromatic N) is 4. The lowest BCUT2D eigenvalue weighted by molar-refractivity contribution is 0.232. The number of aryl methyl sites for hydroxylation is 1. The average molecular weight is 233 g/mol. The number of ether oxygens (including phenoxy) is 1. The zero-order valence-electron chi connectivity index (χ0n) is 10.1. The smallest absolute Gasteiger partial charge is 0.218 e. The Labute approximate surface area is 99.4 Å². The van der Waals surface area contributed by atoms with E-state index in [2.05, 4.69) is 15.1 Å². The van der Waals surface area contributed by atoms with Crippen LogP contribution in [0.15, 0.2) is 18.6 Å². The lowest BCUT2D eigenvalue weighted by atomic mass is 10.4. The molecule has 2 N–H and O–H groups in total. The predicted molar refractivity (Wildman–Crippen MR) is 64.1 cm³/mol. The van der Waals surface area contributed by atoms with Gasteiger partial charge in [-0.1, -0.05) is 0 Å². The highest BCUT2D eigenvalue weighted by Crippen LogP contribution is 2.14. The van der Waals surface area contributed by atoms with Crippen LogP contribution in [0.25, 0.3) is 5.82 Å². The van der Waals surface area contributed by atoms with E-state index in [9.17, 15) is 0 Å². The minimum Gasteiger partial charge on any atom is -0.475 e. The molecule has 0 aromatic carbocycles. The maximum atomic E-state index is 5.69. The number of rotatable bonds is 3. The number of hydrogen-bond donors (Lipinski definition) is 1. The molecule has 0 saturated carbocycles. The van der Waals surface area contributed by atoms with Crippen LogP contribution in [0.3, 0.4) is 0 Å². The van der Waals surface area contributed by atoms with Gasteiger partial charge in [0.1, 0.15) is 12.1 Å². The maximum Gasteiger partial charge on any atom is 0.218 e. The van der Waals surface area contributed by atoms with Gasteiger partial charge in [-0.2, -0.15) is 0 Å². The second-order valence-electron chi connectivity index (χ2n) is 4.02. The Bertz CT molecular complexity index is 501. The van der Waals surface area contributed by atoms with E-state index in [-0.39, 0.29) is 6.10 Å². The van der Waals surface area contributed by atoms with Crippen molar-refractivity contribution in [2.75, 3.05) is 5.73 Å². The molecule has 0 radical (unpaired) electrons. The Balaban J connectivity index is 2.32. The van der Waals surface area contributed by atoms with Gasteiger partial charge < -0.3 is 10.5 Å². The molecule has 0 aliphatic rings. The Hall–Kier alpha value is -2.11. The second-order valence-corrected chi connectivity index (χ2v) is 4.02. The Morgan fingerprint density at radius 2 is 2.12 bits per heavy atom. The summed E-state index contributed by atoms with van der Waals surface area (Å²) in [6, 6.07) is 1.73. The maximum absolute atomic E-state index is 5.69. The van der Waals surface area contributed by atoms with Crippen LogP contribution in [0.4, 0.5) is 5.82 Å². The van der Waals surface area contributed by atoms with Crippen molar-refractivity contribution in [1.82, 2.24) is 19.7 Å². The van der Waals surface area contributed by atoms with Gasteiger partial charge in [-0.15, -0.1) is 5.10 Å². The van der Waals surface area contributed by atoms with Crippen molar-refractivity contribution in [1.29, 1.82) is 0 Å². The molecule has 0 aliphatic heterocycles. The minimum absolute atomic E-state index is 0.0715. The molecule has 0 atom stereocenters. The number of nitrogen functional groups attached to an aromatic ring is 1. The first kappa shape index (κ1) is 11.4. The van der Waals surface area contributed by atoms with Crippen molar-refractivity contribution >= 4 is 5.82 Å². The lowest BCUT2D eigenvalue weighted by Crippen LogP contribution is -2.08. The fourth-order valence-corrected chi connectivity index (χ4v) is 1.35. The van der Waals surface area contributed by atoms with Gasteiger partial charge in [-0.05, 0) is 20.8 Å². The largest absolute Gasteiger partial charge is 0.475 e. The van der Waals surface area contributed by atoms with E-state index in [1.165, 1.54) is 6.33 Å². The van der Waals surface area contributed by atoms with Gasteiger partial charge in [0.2, 0.25) is 5.88 Å². The monoisotopic (exact) mass is 233 g/mol. The summed E-state index contributed by atoms with van der Waals surface area (Å²) < 4.78 is 7.10. The van der Waals surface area contributed by atoms with Crippen LogP contribution >= 0.6 is 0 Å². The summed E-state index contributed by atoms with van der Waals surface area (Å²) in [5.41, 5.74) is 6.60. The molecule has 0 spiro atoms. The fraction of sp³-hybridized carbons (Fsp3) is 0.364. The van der Waals surface area contributed by atoms with Crippen LogP contribution < -0.4 is 10.5 Å². The molecule has 2 heterocycles. The van der Waals surface area contributed by atoms with Gasteiger partial charge in [0.05, 0.1) is 6.10 Å². The SMILES string of the molecule is Cc1cn(-c2cc(OC(C)C)ncn2)nc1N. The van der Waals surface area contributed by atoms with Crippen LogP contribution in [0.5, 0.6) is 5.88 Å². The van der Waals surface area contributed by atoms with Gasteiger partial charge in [-0.3, -0.25) is 0 Å². The van der Waals surface area contributed by atoms with Crippen LogP contribution in [0.2, 0.25) is 0 Å². The molecule has 6 nitrogen and oxygen atoms in total. The fourth-order valence-electron chi connectivity index (χ4n) is 1.35. The molecule has 0 fully saturated rings. The summed E-state index contributed by atoms with van der Waals surface area (Å²) in [6.07, 6.45) is 3.33. The van der Waals surface area contributed by atoms with Gasteiger partial charge in [0, 0.05) is 17.8 Å². The van der Waals surface area contributed by atoms with Crippen LogP contribution in [0.1, 0.15) is 19.4 Å². The quantitative estimate of drug-likeness (QED) is 0.865. The van der Waals surface area contributed by atoms with Crippen LogP contribution in [-0.2, 0) is 0 Å². The first-order valence-electron chi connectivity index (χ1n) is 5.37. The molecule has 0 unspecified atom stereocenters. The molecular weight excluding hydrogens is 218 g/mol. The van der Waals surface area contributed by atoms with Gasteiger partial charge in [-0.25, -0.2) is 14.6 Å². The standard InChI is InChI=1S/C11H15N5O/c1-7(2)17-10-4-9(13-6-14-10)16-5-8(3)11(12)15-16/h4-7H,1-3H3,(H2,12,15). The summed E-state index contributed by atoms with van der Waals surface area (Å²) in [4.78, 5) is 8.15. The summed E-state index contributed by atoms with van der Waals surface area (Å²) in [6.45, 7) is 5.78. The number of hydrogen-bond acceptors (Lipinski definition) is 5. The van der Waals surface area contributed by atoms with Crippen LogP contribution in [-0.4, -0.2) is 25.9 Å². The van der Waals surface area contributed by atoms with Crippen molar-refractivity contribution in [3.8, 4) is 11.7 Å². The molecule has 90 valence electrons. The minimum atomic E-state index is 0.0715.